The first kappa shape index (κ1) is 14.7. The van der Waals surface area contributed by atoms with Crippen molar-refractivity contribution in [1.29, 1.82) is 0 Å². The van der Waals surface area contributed by atoms with E-state index in [2.05, 4.69) is 0 Å². The Balaban J connectivity index is 3.18. The van der Waals surface area contributed by atoms with Crippen molar-refractivity contribution in [3.05, 3.63) is 28.8 Å². The largest absolute Gasteiger partial charge is 0.478 e. The number of amides is 1. The van der Waals surface area contributed by atoms with E-state index in [0.717, 1.165) is 0 Å². The maximum atomic E-state index is 12.1. The van der Waals surface area contributed by atoms with Gasteiger partial charge < -0.3 is 10.8 Å². The molecule has 1 aromatic carbocycles. The minimum absolute atomic E-state index is 0.0513. The Kier molecular flexibility index (Phi) is 4.86. The van der Waals surface area contributed by atoms with Crippen LogP contribution in [0.1, 0.15) is 23.7 Å². The van der Waals surface area contributed by atoms with Crippen LogP contribution in [0.25, 0.3) is 0 Å². The smallest absolute Gasteiger partial charge is 0.337 e. The van der Waals surface area contributed by atoms with Gasteiger partial charge in [-0.25, -0.2) is 4.79 Å². The first-order valence-corrected chi connectivity index (χ1v) is 6.70. The maximum absolute atomic E-state index is 12.1. The van der Waals surface area contributed by atoms with Gasteiger partial charge in [0.05, 0.1) is 21.4 Å². The van der Waals surface area contributed by atoms with Crippen LogP contribution in [-0.2, 0) is 15.6 Å². The lowest BCUT2D eigenvalue weighted by Crippen LogP contribution is -2.31. The van der Waals surface area contributed by atoms with Crippen molar-refractivity contribution in [2.45, 2.75) is 23.5 Å². The molecule has 0 saturated carbocycles. The van der Waals surface area contributed by atoms with Crippen molar-refractivity contribution < 1.29 is 18.9 Å². The number of hydrogen-bond donors (Lipinski definition) is 2. The number of carbonyl (C=O) groups is 2. The molecule has 0 aliphatic rings. The first-order valence-electron chi connectivity index (χ1n) is 5.11. The molecule has 1 aromatic rings. The van der Waals surface area contributed by atoms with Crippen LogP contribution in [-0.4, -0.2) is 26.4 Å². The van der Waals surface area contributed by atoms with Crippen molar-refractivity contribution in [1.82, 2.24) is 0 Å². The van der Waals surface area contributed by atoms with Gasteiger partial charge in [0, 0.05) is 4.90 Å². The Hall–Kier alpha value is -1.40. The summed E-state index contributed by atoms with van der Waals surface area (Å²) >= 11 is 5.70. The average Bonchev–Trinajstić information content (AvgIpc) is 2.29. The molecule has 0 fully saturated rings. The molecule has 0 saturated heterocycles. The van der Waals surface area contributed by atoms with Gasteiger partial charge in [0.25, 0.3) is 0 Å². The van der Waals surface area contributed by atoms with Crippen LogP contribution in [0.5, 0.6) is 0 Å². The van der Waals surface area contributed by atoms with E-state index < -0.39 is 27.9 Å². The summed E-state index contributed by atoms with van der Waals surface area (Å²) < 4.78 is 12.1. The molecule has 0 aliphatic carbocycles. The Morgan fingerprint density at radius 3 is 2.56 bits per heavy atom. The van der Waals surface area contributed by atoms with Crippen molar-refractivity contribution >= 4 is 34.3 Å². The summed E-state index contributed by atoms with van der Waals surface area (Å²) in [6.45, 7) is 1.68. The third-order valence-electron chi connectivity index (χ3n) is 2.35. The lowest BCUT2D eigenvalue weighted by atomic mass is 10.2. The average molecular weight is 290 g/mol. The number of carboxylic acids is 1. The fourth-order valence-electron chi connectivity index (χ4n) is 1.42. The number of halogens is 1. The Morgan fingerprint density at radius 2 is 2.11 bits per heavy atom. The van der Waals surface area contributed by atoms with Crippen LogP contribution in [0, 0.1) is 0 Å². The molecular weight excluding hydrogens is 278 g/mol. The molecule has 2 unspecified atom stereocenters. The summed E-state index contributed by atoms with van der Waals surface area (Å²) in [6, 6.07) is 3.97. The fraction of sp³-hybridized carbons (Fsp3) is 0.273. The second-order valence-corrected chi connectivity index (χ2v) is 5.59. The molecule has 98 valence electrons. The molecule has 1 rings (SSSR count). The maximum Gasteiger partial charge on any atom is 0.337 e. The van der Waals surface area contributed by atoms with E-state index >= 15 is 0 Å². The third kappa shape index (κ3) is 3.08. The predicted molar refractivity (Wildman–Crippen MR) is 68.1 cm³/mol. The van der Waals surface area contributed by atoms with Gasteiger partial charge in [-0.3, -0.25) is 9.00 Å². The fourth-order valence-corrected chi connectivity index (χ4v) is 2.89. The van der Waals surface area contributed by atoms with E-state index in [1.54, 1.807) is 6.92 Å². The van der Waals surface area contributed by atoms with E-state index in [1.807, 2.05) is 0 Å². The van der Waals surface area contributed by atoms with E-state index in [9.17, 15) is 13.8 Å². The van der Waals surface area contributed by atoms with Crippen LogP contribution in [0.3, 0.4) is 0 Å². The van der Waals surface area contributed by atoms with E-state index in [0.29, 0.717) is 6.42 Å². The van der Waals surface area contributed by atoms with Gasteiger partial charge in [0.1, 0.15) is 5.25 Å². The minimum atomic E-state index is -1.68. The van der Waals surface area contributed by atoms with Gasteiger partial charge in [0.15, 0.2) is 0 Å². The number of carbonyl (C=O) groups excluding carboxylic acids is 1. The molecule has 7 heteroatoms. The number of benzene rings is 1. The SMILES string of the molecule is CCC(C(N)=O)S(=O)c1ccc(Cl)c(C(=O)O)c1. The molecule has 0 aliphatic heterocycles. The summed E-state index contributed by atoms with van der Waals surface area (Å²) in [6.07, 6.45) is 0.312. The van der Waals surface area contributed by atoms with Crippen molar-refractivity contribution in [2.75, 3.05) is 0 Å². The molecule has 0 bridgehead atoms. The monoisotopic (exact) mass is 289 g/mol. The molecule has 18 heavy (non-hydrogen) atoms. The quantitative estimate of drug-likeness (QED) is 0.856. The van der Waals surface area contributed by atoms with Gasteiger partial charge in [-0.1, -0.05) is 18.5 Å². The lowest BCUT2D eigenvalue weighted by molar-refractivity contribution is -0.117. The molecule has 0 heterocycles. The normalized spacial score (nSPS) is 13.9. The molecule has 0 aromatic heterocycles. The van der Waals surface area contributed by atoms with Crippen molar-refractivity contribution in [3.8, 4) is 0 Å². The van der Waals surface area contributed by atoms with E-state index in [-0.39, 0.29) is 15.5 Å². The summed E-state index contributed by atoms with van der Waals surface area (Å²) in [4.78, 5) is 22.2. The highest BCUT2D eigenvalue weighted by atomic mass is 35.5. The van der Waals surface area contributed by atoms with Crippen LogP contribution in [0.2, 0.25) is 5.02 Å². The number of hydrogen-bond acceptors (Lipinski definition) is 3. The highest BCUT2D eigenvalue weighted by Gasteiger charge is 2.23. The number of carboxylic acid groups (broad SMARTS) is 1. The van der Waals surface area contributed by atoms with Crippen LogP contribution < -0.4 is 5.73 Å². The Bertz CT molecular complexity index is 518. The number of primary amides is 1. The third-order valence-corrected chi connectivity index (χ3v) is 4.48. The van der Waals surface area contributed by atoms with Gasteiger partial charge >= 0.3 is 5.97 Å². The van der Waals surface area contributed by atoms with Crippen LogP contribution in [0.4, 0.5) is 0 Å². The molecule has 2 atom stereocenters. The highest BCUT2D eigenvalue weighted by molar-refractivity contribution is 7.86. The topological polar surface area (TPSA) is 97.5 Å². The first-order chi connectivity index (χ1) is 8.38. The number of aromatic carboxylic acids is 1. The second-order valence-electron chi connectivity index (χ2n) is 3.54. The molecule has 1 amide bonds. The second kappa shape index (κ2) is 5.97. The van der Waals surface area contributed by atoms with E-state index in [4.69, 9.17) is 22.4 Å². The van der Waals surface area contributed by atoms with E-state index in [1.165, 1.54) is 18.2 Å². The van der Waals surface area contributed by atoms with Crippen LogP contribution >= 0.6 is 11.6 Å². The summed E-state index contributed by atoms with van der Waals surface area (Å²) in [7, 11) is -1.68. The number of nitrogens with two attached hydrogens (primary N) is 1. The lowest BCUT2D eigenvalue weighted by Gasteiger charge is -2.11. The van der Waals surface area contributed by atoms with Gasteiger partial charge in [-0.2, -0.15) is 0 Å². The van der Waals surface area contributed by atoms with Crippen molar-refractivity contribution in [3.63, 3.8) is 0 Å². The van der Waals surface area contributed by atoms with Crippen LogP contribution in [0.15, 0.2) is 23.1 Å². The zero-order valence-electron chi connectivity index (χ0n) is 9.55. The Morgan fingerprint density at radius 1 is 1.50 bits per heavy atom. The standard InChI is InChI=1S/C11H12ClNO4S/c1-2-9(10(13)14)18(17)6-3-4-8(12)7(5-6)11(15)16/h3-5,9H,2H2,1H3,(H2,13,14)(H,15,16). The molecule has 5 nitrogen and oxygen atoms in total. The molecule has 3 N–H and O–H groups in total. The van der Waals surface area contributed by atoms with Gasteiger partial charge in [0.2, 0.25) is 5.91 Å². The summed E-state index contributed by atoms with van der Waals surface area (Å²) in [5.41, 5.74) is 4.99. The summed E-state index contributed by atoms with van der Waals surface area (Å²) in [5.74, 6) is -1.89. The summed E-state index contributed by atoms with van der Waals surface area (Å²) in [5, 5.41) is 8.11. The minimum Gasteiger partial charge on any atom is -0.478 e. The zero-order chi connectivity index (χ0) is 13.9. The zero-order valence-corrected chi connectivity index (χ0v) is 11.1. The molecular formula is C11H12ClNO4S. The van der Waals surface area contributed by atoms with Gasteiger partial charge in [-0.15, -0.1) is 0 Å². The highest BCUT2D eigenvalue weighted by Crippen LogP contribution is 2.22. The predicted octanol–water partition coefficient (Wildman–Crippen LogP) is 1.41. The van der Waals surface area contributed by atoms with Crippen molar-refractivity contribution in [2.24, 2.45) is 5.73 Å². The molecule has 0 radical (unpaired) electrons. The Labute approximate surface area is 111 Å². The van der Waals surface area contributed by atoms with Gasteiger partial charge in [-0.05, 0) is 24.6 Å². The molecule has 0 spiro atoms. The number of rotatable bonds is 5.